The fourth-order valence-corrected chi connectivity index (χ4v) is 2.77. The number of benzene rings is 1. The van der Waals surface area contributed by atoms with Crippen LogP contribution in [0.5, 0.6) is 0 Å². The van der Waals surface area contributed by atoms with Crippen LogP contribution in [0.15, 0.2) is 27.7 Å². The van der Waals surface area contributed by atoms with E-state index >= 15 is 0 Å². The second-order valence-electron chi connectivity index (χ2n) is 3.79. The van der Waals surface area contributed by atoms with E-state index in [0.29, 0.717) is 11.5 Å². The van der Waals surface area contributed by atoms with Gasteiger partial charge >= 0.3 is 5.97 Å². The molecule has 0 N–H and O–H groups in total. The van der Waals surface area contributed by atoms with Gasteiger partial charge in [0, 0.05) is 10.2 Å². The highest BCUT2D eigenvalue weighted by Gasteiger charge is 2.30. The third-order valence-electron chi connectivity index (χ3n) is 2.38. The Bertz CT molecular complexity index is 487. The van der Waals surface area contributed by atoms with Crippen molar-refractivity contribution in [2.24, 2.45) is 4.99 Å². The molecule has 17 heavy (non-hydrogen) atoms. The minimum Gasteiger partial charge on any atom is -0.403 e. The summed E-state index contributed by atoms with van der Waals surface area (Å²) in [4.78, 5) is 16.1. The Hall–Kier alpha value is -0.810. The van der Waals surface area contributed by atoms with Crippen molar-refractivity contribution in [3.63, 3.8) is 0 Å². The zero-order valence-corrected chi connectivity index (χ0v) is 12.0. The largest absolute Gasteiger partial charge is 0.403 e. The van der Waals surface area contributed by atoms with Gasteiger partial charge in [-0.2, -0.15) is 11.8 Å². The molecule has 0 aliphatic carbocycles. The number of ether oxygens (including phenoxy) is 1. The number of aliphatic imine (C=N–C) groups is 1. The summed E-state index contributed by atoms with van der Waals surface area (Å²) in [6, 6.07) is 5.59. The lowest BCUT2D eigenvalue weighted by Gasteiger charge is -2.05. The first-order chi connectivity index (χ1) is 8.13. The topological polar surface area (TPSA) is 38.7 Å². The average Bonchev–Trinajstić information content (AvgIpc) is 2.57. The molecule has 0 amide bonds. The molecule has 1 aromatic carbocycles. The van der Waals surface area contributed by atoms with E-state index in [1.54, 1.807) is 17.8 Å². The molecule has 1 atom stereocenters. The molecule has 1 aromatic rings. The van der Waals surface area contributed by atoms with Gasteiger partial charge in [-0.25, -0.2) is 9.79 Å². The second-order valence-corrected chi connectivity index (χ2v) is 5.56. The number of hydrogen-bond donors (Lipinski definition) is 0. The number of halogens is 1. The lowest BCUT2D eigenvalue weighted by atomic mass is 10.1. The van der Waals surface area contributed by atoms with Crippen molar-refractivity contribution in [2.75, 3.05) is 12.0 Å². The van der Waals surface area contributed by atoms with E-state index in [9.17, 15) is 4.79 Å². The SMILES string of the molecule is CSC[C@H](C)/N=C1/OC(=O)c2cccc(Br)c21. The third-order valence-corrected chi connectivity index (χ3v) is 3.86. The van der Waals surface area contributed by atoms with Crippen molar-refractivity contribution >= 4 is 39.6 Å². The lowest BCUT2D eigenvalue weighted by Crippen LogP contribution is -2.09. The molecule has 1 aliphatic heterocycles. The Balaban J connectivity index is 2.39. The maximum atomic E-state index is 11.6. The number of esters is 1. The summed E-state index contributed by atoms with van der Waals surface area (Å²) in [6.45, 7) is 2.01. The highest BCUT2D eigenvalue weighted by Crippen LogP contribution is 2.28. The van der Waals surface area contributed by atoms with Crippen molar-refractivity contribution in [1.29, 1.82) is 0 Å². The summed E-state index contributed by atoms with van der Waals surface area (Å²) in [5.74, 6) is 1.01. The zero-order chi connectivity index (χ0) is 12.4. The predicted molar refractivity (Wildman–Crippen MR) is 73.9 cm³/mol. The number of fused-ring (bicyclic) bond motifs is 1. The predicted octanol–water partition coefficient (Wildman–Crippen LogP) is 3.12. The molecular weight excluding hydrogens is 302 g/mol. The summed E-state index contributed by atoms with van der Waals surface area (Å²) in [7, 11) is 0. The Morgan fingerprint density at radius 3 is 3.00 bits per heavy atom. The van der Waals surface area contributed by atoms with Crippen LogP contribution in [0.25, 0.3) is 0 Å². The van der Waals surface area contributed by atoms with Crippen LogP contribution in [-0.4, -0.2) is 29.9 Å². The van der Waals surface area contributed by atoms with Gasteiger partial charge < -0.3 is 4.74 Å². The summed E-state index contributed by atoms with van der Waals surface area (Å²) >= 11 is 5.15. The van der Waals surface area contributed by atoms with Gasteiger partial charge in [0.25, 0.3) is 0 Å². The third kappa shape index (κ3) is 2.55. The number of nitrogens with zero attached hydrogens (tertiary/aromatic N) is 1. The highest BCUT2D eigenvalue weighted by atomic mass is 79.9. The van der Waals surface area contributed by atoms with Crippen molar-refractivity contribution < 1.29 is 9.53 Å². The molecule has 0 fully saturated rings. The van der Waals surface area contributed by atoms with E-state index in [4.69, 9.17) is 4.74 Å². The minimum absolute atomic E-state index is 0.130. The molecule has 0 bridgehead atoms. The van der Waals surface area contributed by atoms with Crippen LogP contribution >= 0.6 is 27.7 Å². The molecule has 5 heteroatoms. The number of thioether (sulfide) groups is 1. The normalized spacial score (nSPS) is 18.1. The van der Waals surface area contributed by atoms with E-state index in [-0.39, 0.29) is 12.0 Å². The molecule has 0 aromatic heterocycles. The number of hydrogen-bond acceptors (Lipinski definition) is 4. The van der Waals surface area contributed by atoms with Crippen molar-refractivity contribution in [3.8, 4) is 0 Å². The smallest absolute Gasteiger partial charge is 0.345 e. The molecule has 1 heterocycles. The molecule has 2 rings (SSSR count). The molecule has 0 radical (unpaired) electrons. The Morgan fingerprint density at radius 2 is 2.29 bits per heavy atom. The quantitative estimate of drug-likeness (QED) is 0.805. The van der Waals surface area contributed by atoms with Crippen molar-refractivity contribution in [1.82, 2.24) is 0 Å². The summed E-state index contributed by atoms with van der Waals surface area (Å²) < 4.78 is 6.04. The lowest BCUT2D eigenvalue weighted by molar-refractivity contribution is 0.0736. The van der Waals surface area contributed by atoms with Crippen LogP contribution in [0.4, 0.5) is 0 Å². The van der Waals surface area contributed by atoms with Crippen LogP contribution in [0, 0.1) is 0 Å². The first-order valence-corrected chi connectivity index (χ1v) is 7.40. The molecule has 0 saturated heterocycles. The summed E-state index contributed by atoms with van der Waals surface area (Å²) in [5.41, 5.74) is 1.35. The fraction of sp³-hybridized carbons (Fsp3) is 0.333. The Kier molecular flexibility index (Phi) is 3.89. The first-order valence-electron chi connectivity index (χ1n) is 5.21. The summed E-state index contributed by atoms with van der Waals surface area (Å²) in [5, 5.41) is 0. The second kappa shape index (κ2) is 5.23. The Morgan fingerprint density at radius 1 is 1.53 bits per heavy atom. The van der Waals surface area contributed by atoms with Crippen LogP contribution in [0.3, 0.4) is 0 Å². The maximum absolute atomic E-state index is 11.6. The zero-order valence-electron chi connectivity index (χ0n) is 9.57. The molecule has 0 saturated carbocycles. The number of carbonyl (C=O) groups excluding carboxylic acids is 1. The van der Waals surface area contributed by atoms with Crippen molar-refractivity contribution in [2.45, 2.75) is 13.0 Å². The van der Waals surface area contributed by atoms with Gasteiger partial charge in [-0.15, -0.1) is 0 Å². The highest BCUT2D eigenvalue weighted by molar-refractivity contribution is 9.10. The van der Waals surface area contributed by atoms with Gasteiger partial charge in [0.1, 0.15) is 0 Å². The van der Waals surface area contributed by atoms with Crippen LogP contribution in [0.2, 0.25) is 0 Å². The van der Waals surface area contributed by atoms with E-state index in [2.05, 4.69) is 20.9 Å². The maximum Gasteiger partial charge on any atom is 0.345 e. The van der Waals surface area contributed by atoms with Crippen LogP contribution in [-0.2, 0) is 4.74 Å². The van der Waals surface area contributed by atoms with Gasteiger partial charge in [0.05, 0.1) is 17.2 Å². The van der Waals surface area contributed by atoms with Gasteiger partial charge in [0.2, 0.25) is 5.90 Å². The van der Waals surface area contributed by atoms with E-state index in [0.717, 1.165) is 15.8 Å². The monoisotopic (exact) mass is 313 g/mol. The van der Waals surface area contributed by atoms with Crippen LogP contribution < -0.4 is 0 Å². The van der Waals surface area contributed by atoms with E-state index in [1.807, 2.05) is 25.3 Å². The molecular formula is C12H12BrNO2S. The van der Waals surface area contributed by atoms with Gasteiger partial charge in [-0.3, -0.25) is 0 Å². The van der Waals surface area contributed by atoms with Gasteiger partial charge in [0.15, 0.2) is 0 Å². The fourth-order valence-electron chi connectivity index (χ4n) is 1.67. The Labute approximate surface area is 113 Å². The number of rotatable bonds is 3. The minimum atomic E-state index is -0.323. The van der Waals surface area contributed by atoms with E-state index in [1.165, 1.54) is 0 Å². The standard InChI is InChI=1S/C12H12BrNO2S/c1-7(6-17-2)14-11-10-8(12(15)16-11)4-3-5-9(10)13/h3-5,7H,6H2,1-2H3/b14-11+/t7-/m0/s1. The van der Waals surface area contributed by atoms with Crippen LogP contribution in [0.1, 0.15) is 22.8 Å². The number of carbonyl (C=O) groups is 1. The molecule has 1 aliphatic rings. The summed E-state index contributed by atoms with van der Waals surface area (Å²) in [6.07, 6.45) is 2.03. The van der Waals surface area contributed by atoms with E-state index < -0.39 is 0 Å². The van der Waals surface area contributed by atoms with Gasteiger partial charge in [-0.1, -0.05) is 6.07 Å². The van der Waals surface area contributed by atoms with Crippen molar-refractivity contribution in [3.05, 3.63) is 33.8 Å². The number of cyclic esters (lactones) is 1. The average molecular weight is 314 g/mol. The molecule has 0 unspecified atom stereocenters. The first kappa shape index (κ1) is 12.6. The molecule has 3 nitrogen and oxygen atoms in total. The molecule has 90 valence electrons. The molecule has 0 spiro atoms. The van der Waals surface area contributed by atoms with Gasteiger partial charge in [-0.05, 0) is 41.2 Å².